The predicted molar refractivity (Wildman–Crippen MR) is 52.9 cm³/mol. The van der Waals surface area contributed by atoms with Gasteiger partial charge < -0.3 is 11.1 Å². The molecule has 1 fully saturated rings. The third kappa shape index (κ3) is 16.2. The average Bonchev–Trinajstić information content (AvgIpc) is 2.65. The molecule has 1 saturated heterocycles. The van der Waals surface area contributed by atoms with Crippen LogP contribution in [0.4, 0.5) is 0 Å². The third-order valence-electron chi connectivity index (χ3n) is 1.31. The molecule has 3 N–H and O–H groups in total. The molecule has 3 heteroatoms. The first-order valence-corrected chi connectivity index (χ1v) is 4.76. The molecule has 74 valence electrons. The highest BCUT2D eigenvalue weighted by Crippen LogP contribution is 1.90. The molecule has 0 saturated carbocycles. The largest absolute Gasteiger partial charge is 0.370 e. The lowest BCUT2D eigenvalue weighted by molar-refractivity contribution is -0.117. The lowest BCUT2D eigenvalue weighted by atomic mass is 10.4. The van der Waals surface area contributed by atoms with Gasteiger partial charge in [-0.3, -0.25) is 4.79 Å². The number of carbonyl (C=O) groups is 1. The smallest absolute Gasteiger partial charge is 0.217 e. The summed E-state index contributed by atoms with van der Waals surface area (Å²) in [6.45, 7) is 8.22. The summed E-state index contributed by atoms with van der Waals surface area (Å²) in [5.74, 6) is -0.245. The first kappa shape index (κ1) is 14.0. The molecule has 1 rings (SSSR count). The van der Waals surface area contributed by atoms with Crippen molar-refractivity contribution in [2.24, 2.45) is 5.73 Å². The highest BCUT2D eigenvalue weighted by atomic mass is 16.1. The maximum atomic E-state index is 9.59. The van der Waals surface area contributed by atoms with Crippen LogP contribution >= 0.6 is 0 Å². The van der Waals surface area contributed by atoms with Gasteiger partial charge in [0.15, 0.2) is 0 Å². The van der Waals surface area contributed by atoms with E-state index in [1.54, 1.807) is 6.92 Å². The van der Waals surface area contributed by atoms with Gasteiger partial charge in [-0.25, -0.2) is 0 Å². The van der Waals surface area contributed by atoms with Crippen LogP contribution in [0.15, 0.2) is 0 Å². The summed E-state index contributed by atoms with van der Waals surface area (Å²) in [6, 6.07) is 0. The Morgan fingerprint density at radius 1 is 1.33 bits per heavy atom. The molecular formula is C9H22N2O. The second kappa shape index (κ2) is 13.1. The molecule has 0 aromatic carbocycles. The van der Waals surface area contributed by atoms with E-state index >= 15 is 0 Å². The summed E-state index contributed by atoms with van der Waals surface area (Å²) >= 11 is 0. The second-order valence-electron chi connectivity index (χ2n) is 2.28. The van der Waals surface area contributed by atoms with Crippen LogP contribution in [0.1, 0.15) is 40.0 Å². The minimum Gasteiger partial charge on any atom is -0.370 e. The minimum atomic E-state index is -0.245. The lowest BCUT2D eigenvalue weighted by Crippen LogP contribution is -2.06. The Morgan fingerprint density at radius 3 is 1.75 bits per heavy atom. The molecule has 1 amide bonds. The quantitative estimate of drug-likeness (QED) is 0.629. The fourth-order valence-electron chi connectivity index (χ4n) is 0.625. The zero-order valence-electron chi connectivity index (χ0n) is 8.52. The summed E-state index contributed by atoms with van der Waals surface area (Å²) in [6.07, 6.45) is 3.22. The van der Waals surface area contributed by atoms with Crippen LogP contribution in [0, 0.1) is 0 Å². The number of amides is 1. The fourth-order valence-corrected chi connectivity index (χ4v) is 0.625. The summed E-state index contributed by atoms with van der Waals surface area (Å²) < 4.78 is 0. The highest BCUT2D eigenvalue weighted by molar-refractivity contribution is 5.73. The van der Waals surface area contributed by atoms with Crippen LogP contribution in [-0.2, 0) is 4.79 Å². The Balaban J connectivity index is 0. The van der Waals surface area contributed by atoms with Gasteiger partial charge in [0.2, 0.25) is 5.91 Å². The third-order valence-corrected chi connectivity index (χ3v) is 1.31. The van der Waals surface area contributed by atoms with Gasteiger partial charge in [-0.15, -0.1) is 0 Å². The Labute approximate surface area is 75.7 Å². The summed E-state index contributed by atoms with van der Waals surface area (Å²) in [4.78, 5) is 9.59. The molecular weight excluding hydrogens is 152 g/mol. The van der Waals surface area contributed by atoms with Crippen molar-refractivity contribution in [2.75, 3.05) is 13.1 Å². The number of nitrogens with one attached hydrogen (secondary N) is 1. The molecule has 0 aromatic heterocycles. The normalized spacial score (nSPS) is 13.6. The Morgan fingerprint density at radius 2 is 1.67 bits per heavy atom. The predicted octanol–water partition coefficient (Wildman–Crippen LogP) is 1.28. The van der Waals surface area contributed by atoms with Crippen LogP contribution < -0.4 is 11.1 Å². The molecule has 3 nitrogen and oxygen atoms in total. The van der Waals surface area contributed by atoms with Gasteiger partial charge in [-0.1, -0.05) is 20.8 Å². The van der Waals surface area contributed by atoms with Gasteiger partial charge in [-0.05, 0) is 25.9 Å². The number of rotatable bonds is 1. The standard InChI is InChI=1S/C4H9N.C3H7NO.C2H6/c1-2-4-5-3-1;1-2-3(4)5;1-2/h5H,1-4H2;2H2,1H3,(H2,4,5);1-2H3. The Kier molecular flexibility index (Phi) is 15.2. The van der Waals surface area contributed by atoms with Crippen molar-refractivity contribution in [3.8, 4) is 0 Å². The molecule has 0 bridgehead atoms. The molecule has 1 heterocycles. The van der Waals surface area contributed by atoms with E-state index in [4.69, 9.17) is 0 Å². The van der Waals surface area contributed by atoms with Crippen LogP contribution in [0.5, 0.6) is 0 Å². The second-order valence-corrected chi connectivity index (χ2v) is 2.28. The van der Waals surface area contributed by atoms with Crippen molar-refractivity contribution in [1.82, 2.24) is 5.32 Å². The van der Waals surface area contributed by atoms with E-state index in [0.29, 0.717) is 6.42 Å². The molecule has 0 atom stereocenters. The molecule has 1 aliphatic rings. The van der Waals surface area contributed by atoms with Gasteiger partial charge in [-0.2, -0.15) is 0 Å². The zero-order valence-corrected chi connectivity index (χ0v) is 8.52. The maximum Gasteiger partial charge on any atom is 0.217 e. The number of hydrogen-bond donors (Lipinski definition) is 2. The number of carbonyl (C=O) groups excluding carboxylic acids is 1. The van der Waals surface area contributed by atoms with Gasteiger partial charge >= 0.3 is 0 Å². The molecule has 0 unspecified atom stereocenters. The van der Waals surface area contributed by atoms with Crippen LogP contribution in [0.3, 0.4) is 0 Å². The molecule has 0 radical (unpaired) electrons. The molecule has 12 heavy (non-hydrogen) atoms. The van der Waals surface area contributed by atoms with E-state index in [9.17, 15) is 4.79 Å². The van der Waals surface area contributed by atoms with Gasteiger partial charge in [0.25, 0.3) is 0 Å². The molecule has 0 spiro atoms. The monoisotopic (exact) mass is 174 g/mol. The van der Waals surface area contributed by atoms with Crippen molar-refractivity contribution in [3.05, 3.63) is 0 Å². The number of nitrogens with two attached hydrogens (primary N) is 1. The number of hydrogen-bond acceptors (Lipinski definition) is 2. The maximum absolute atomic E-state index is 9.59. The van der Waals surface area contributed by atoms with Crippen molar-refractivity contribution in [1.29, 1.82) is 0 Å². The molecule has 0 aromatic rings. The van der Waals surface area contributed by atoms with E-state index in [1.807, 2.05) is 13.8 Å². The van der Waals surface area contributed by atoms with Crippen molar-refractivity contribution in [2.45, 2.75) is 40.0 Å². The van der Waals surface area contributed by atoms with Crippen LogP contribution in [0.25, 0.3) is 0 Å². The van der Waals surface area contributed by atoms with E-state index in [0.717, 1.165) is 0 Å². The Hall–Kier alpha value is -0.570. The molecule has 0 aliphatic carbocycles. The Bertz CT molecular complexity index is 82.9. The molecule has 1 aliphatic heterocycles. The van der Waals surface area contributed by atoms with Gasteiger partial charge in [0, 0.05) is 6.42 Å². The van der Waals surface area contributed by atoms with Gasteiger partial charge in [0.05, 0.1) is 0 Å². The van der Waals surface area contributed by atoms with Crippen LogP contribution in [-0.4, -0.2) is 19.0 Å². The van der Waals surface area contributed by atoms with Crippen LogP contribution in [0.2, 0.25) is 0 Å². The summed E-state index contributed by atoms with van der Waals surface area (Å²) in [5, 5.41) is 3.22. The summed E-state index contributed by atoms with van der Waals surface area (Å²) in [7, 11) is 0. The number of primary amides is 1. The van der Waals surface area contributed by atoms with Crippen molar-refractivity contribution >= 4 is 5.91 Å². The first-order chi connectivity index (χ1) is 5.77. The summed E-state index contributed by atoms with van der Waals surface area (Å²) in [5.41, 5.74) is 4.65. The minimum absolute atomic E-state index is 0.245. The van der Waals surface area contributed by atoms with E-state index in [2.05, 4.69) is 11.1 Å². The van der Waals surface area contributed by atoms with E-state index in [1.165, 1.54) is 25.9 Å². The van der Waals surface area contributed by atoms with E-state index < -0.39 is 0 Å². The fraction of sp³-hybridized carbons (Fsp3) is 0.889. The van der Waals surface area contributed by atoms with Crippen molar-refractivity contribution < 1.29 is 4.79 Å². The van der Waals surface area contributed by atoms with Gasteiger partial charge in [0.1, 0.15) is 0 Å². The van der Waals surface area contributed by atoms with Crippen molar-refractivity contribution in [3.63, 3.8) is 0 Å². The first-order valence-electron chi connectivity index (χ1n) is 4.76. The van der Waals surface area contributed by atoms with E-state index in [-0.39, 0.29) is 5.91 Å². The topological polar surface area (TPSA) is 55.1 Å². The zero-order chi connectivity index (χ0) is 9.82. The SMILES string of the molecule is C1CCNC1.CC.CCC(N)=O. The highest BCUT2D eigenvalue weighted by Gasteiger charge is 1.93. The average molecular weight is 174 g/mol. The lowest BCUT2D eigenvalue weighted by Gasteiger charge is -1.76.